The topological polar surface area (TPSA) is 289 Å². The Kier molecular flexibility index (Phi) is 19.5. The molecule has 0 aromatic heterocycles. The van der Waals surface area contributed by atoms with E-state index in [1.165, 1.54) is 0 Å². The van der Waals surface area contributed by atoms with Crippen LogP contribution in [0, 0.1) is 0 Å². The van der Waals surface area contributed by atoms with Crippen LogP contribution in [0.3, 0.4) is 0 Å². The van der Waals surface area contributed by atoms with Crippen LogP contribution in [0.1, 0.15) is 25.7 Å². The average Bonchev–Trinajstić information content (AvgIpc) is 2.95. The number of nitrogens with two attached hydrogens (primary N) is 2. The predicted octanol–water partition coefficient (Wildman–Crippen LogP) is -4.33. The highest BCUT2D eigenvalue weighted by Crippen LogP contribution is 2.02. The molecule has 17 nitrogen and oxygen atoms in total. The molecule has 0 spiro atoms. The van der Waals surface area contributed by atoms with E-state index in [0.717, 1.165) is 0 Å². The maximum Gasteiger partial charge on any atom is 0.326 e. The second-order valence-corrected chi connectivity index (χ2v) is 10.4. The molecule has 6 amide bonds. The minimum Gasteiger partial charge on any atom is -0.481 e. The summed E-state index contributed by atoms with van der Waals surface area (Å²) in [7, 11) is 0. The zero-order chi connectivity index (χ0) is 33.3. The fourth-order valence-electron chi connectivity index (χ4n) is 3.10. The first-order valence-electron chi connectivity index (χ1n) is 12.5. The van der Waals surface area contributed by atoms with Crippen molar-refractivity contribution in [2.24, 2.45) is 11.5 Å². The number of primary amides is 1. The third-order valence-corrected chi connectivity index (χ3v) is 7.02. The molecule has 43 heavy (non-hydrogen) atoms. The Morgan fingerprint density at radius 1 is 0.535 bits per heavy atom. The van der Waals surface area contributed by atoms with Crippen molar-refractivity contribution in [3.8, 4) is 0 Å². The normalized spacial score (nSPS) is 14.9. The van der Waals surface area contributed by atoms with Gasteiger partial charge in [-0.05, 0) is 12.8 Å². The molecule has 0 rings (SSSR count). The van der Waals surface area contributed by atoms with Gasteiger partial charge in [0.05, 0.1) is 6.04 Å². The van der Waals surface area contributed by atoms with Crippen molar-refractivity contribution in [1.82, 2.24) is 26.6 Å². The minimum atomic E-state index is -1.47. The van der Waals surface area contributed by atoms with Crippen LogP contribution in [0.5, 0.6) is 0 Å². The first kappa shape index (κ1) is 40.1. The summed E-state index contributed by atoms with van der Waals surface area (Å²) in [5, 5.41) is 29.5. The number of carboxylic acid groups (broad SMARTS) is 2. The van der Waals surface area contributed by atoms with Gasteiger partial charge in [-0.3, -0.25) is 33.6 Å². The molecule has 0 fully saturated rings. The zero-order valence-electron chi connectivity index (χ0n) is 22.7. The molecule has 21 heteroatoms. The van der Waals surface area contributed by atoms with Gasteiger partial charge in [-0.1, -0.05) is 0 Å². The fraction of sp³-hybridized carbons (Fsp3) is 0.636. The van der Waals surface area contributed by atoms with Gasteiger partial charge < -0.3 is 48.3 Å². The molecule has 0 bridgehead atoms. The Labute approximate surface area is 268 Å². The van der Waals surface area contributed by atoms with Crippen LogP contribution in [0.15, 0.2) is 0 Å². The lowest BCUT2D eigenvalue weighted by Gasteiger charge is -2.25. The molecule has 0 aliphatic carbocycles. The molecule has 0 aromatic rings. The van der Waals surface area contributed by atoms with Crippen molar-refractivity contribution in [2.45, 2.75) is 61.9 Å². The molecule has 0 radical (unpaired) electrons. The molecule has 0 aliphatic heterocycles. The maximum absolute atomic E-state index is 12.8. The summed E-state index contributed by atoms with van der Waals surface area (Å²) in [5.74, 6) is -8.66. The molecule has 0 heterocycles. The van der Waals surface area contributed by atoms with Crippen LogP contribution in [0.2, 0.25) is 0 Å². The first-order chi connectivity index (χ1) is 20.1. The molecule has 0 aromatic carbocycles. The quantitative estimate of drug-likeness (QED) is 0.0512. The summed E-state index contributed by atoms with van der Waals surface area (Å²) in [6, 6.07) is -7.91. The van der Waals surface area contributed by atoms with Crippen molar-refractivity contribution < 1.29 is 48.6 Å². The van der Waals surface area contributed by atoms with E-state index in [1.54, 1.807) is 0 Å². The first-order valence-corrected chi connectivity index (χ1v) is 15.1. The van der Waals surface area contributed by atoms with Crippen molar-refractivity contribution in [2.75, 3.05) is 23.0 Å². The standard InChI is InChI=1S/C22H37N7O10S4/c23-9(1-4-16(31)32)17(33)26-11(5-40)19(35)28-13(7-42)21(37)29-14(8-43)20(36)27-12(6-41)18(34)25-10(22(38)39)2-3-15(24)30/h9-14,40-43H,1-8,23H2,(H2,24,30)(H,25,34)(H,26,33)(H,27,36)(H,28,35)(H,29,37)(H,31,32)(H,38,39). The molecule has 0 aliphatic rings. The minimum absolute atomic E-state index is 0.178. The number of rotatable bonds is 21. The van der Waals surface area contributed by atoms with E-state index >= 15 is 0 Å². The van der Waals surface area contributed by atoms with Crippen molar-refractivity contribution in [3.05, 3.63) is 0 Å². The number of carbonyl (C=O) groups excluding carboxylic acids is 6. The SMILES string of the molecule is NC(=O)CCC(NC(=O)C(CS)NC(=O)C(CS)NC(=O)C(CS)NC(=O)C(CS)NC(=O)C(N)CCC(=O)O)C(=O)O. The Morgan fingerprint density at radius 3 is 1.14 bits per heavy atom. The van der Waals surface area contributed by atoms with Crippen molar-refractivity contribution >= 4 is 97.9 Å². The van der Waals surface area contributed by atoms with Crippen LogP contribution in [-0.2, 0) is 38.4 Å². The van der Waals surface area contributed by atoms with Gasteiger partial charge >= 0.3 is 11.9 Å². The number of thiol groups is 4. The number of hydrogen-bond acceptors (Lipinski definition) is 13. The number of aliphatic carboxylic acids is 2. The molecule has 244 valence electrons. The Morgan fingerprint density at radius 2 is 0.860 bits per heavy atom. The summed E-state index contributed by atoms with van der Waals surface area (Å²) in [4.78, 5) is 96.2. The number of amides is 6. The van der Waals surface area contributed by atoms with Crippen LogP contribution >= 0.6 is 50.5 Å². The second kappa shape index (κ2) is 20.9. The van der Waals surface area contributed by atoms with E-state index in [2.05, 4.69) is 77.1 Å². The molecular formula is C22H37N7O10S4. The van der Waals surface area contributed by atoms with Crippen LogP contribution in [0.4, 0.5) is 0 Å². The molecular weight excluding hydrogens is 651 g/mol. The number of hydrogen-bond donors (Lipinski definition) is 13. The highest BCUT2D eigenvalue weighted by molar-refractivity contribution is 7.80. The lowest BCUT2D eigenvalue weighted by Crippen LogP contribution is -2.60. The Hall–Kier alpha value is -2.88. The molecule has 6 unspecified atom stereocenters. The van der Waals surface area contributed by atoms with Crippen LogP contribution in [0.25, 0.3) is 0 Å². The number of carbonyl (C=O) groups is 8. The third kappa shape index (κ3) is 15.4. The maximum atomic E-state index is 12.8. The van der Waals surface area contributed by atoms with Gasteiger partial charge in [0.1, 0.15) is 30.2 Å². The molecule has 11 N–H and O–H groups in total. The van der Waals surface area contributed by atoms with Gasteiger partial charge in [-0.15, -0.1) is 0 Å². The highest BCUT2D eigenvalue weighted by Gasteiger charge is 2.31. The van der Waals surface area contributed by atoms with Gasteiger partial charge in [-0.25, -0.2) is 4.79 Å². The van der Waals surface area contributed by atoms with Gasteiger partial charge in [0.15, 0.2) is 0 Å². The smallest absolute Gasteiger partial charge is 0.326 e. The van der Waals surface area contributed by atoms with E-state index < -0.39 is 83.6 Å². The molecule has 0 saturated carbocycles. The Bertz CT molecular complexity index is 1040. The van der Waals surface area contributed by atoms with Gasteiger partial charge in [-0.2, -0.15) is 50.5 Å². The van der Waals surface area contributed by atoms with Gasteiger partial charge in [0.2, 0.25) is 35.4 Å². The summed E-state index contributed by atoms with van der Waals surface area (Å²) >= 11 is 16.1. The molecule has 0 saturated heterocycles. The lowest BCUT2D eigenvalue weighted by atomic mass is 10.1. The lowest BCUT2D eigenvalue weighted by molar-refractivity contribution is -0.142. The Balaban J connectivity index is 5.29. The monoisotopic (exact) mass is 687 g/mol. The second-order valence-electron chi connectivity index (χ2n) is 8.92. The van der Waals surface area contributed by atoms with Crippen LogP contribution < -0.4 is 38.1 Å². The summed E-state index contributed by atoms with van der Waals surface area (Å²) in [6.07, 6.45) is -1.15. The van der Waals surface area contributed by atoms with E-state index in [-0.39, 0.29) is 48.7 Å². The average molecular weight is 688 g/mol. The summed E-state index contributed by atoms with van der Waals surface area (Å²) in [6.45, 7) is 0. The van der Waals surface area contributed by atoms with Gasteiger partial charge in [0, 0.05) is 35.9 Å². The van der Waals surface area contributed by atoms with E-state index in [1.807, 2.05) is 0 Å². The summed E-state index contributed by atoms with van der Waals surface area (Å²) in [5.41, 5.74) is 10.7. The van der Waals surface area contributed by atoms with Crippen molar-refractivity contribution in [1.29, 1.82) is 0 Å². The number of nitrogens with one attached hydrogen (secondary N) is 5. The summed E-state index contributed by atoms with van der Waals surface area (Å²) < 4.78 is 0. The number of carboxylic acids is 2. The van der Waals surface area contributed by atoms with Crippen molar-refractivity contribution in [3.63, 3.8) is 0 Å². The predicted molar refractivity (Wildman–Crippen MR) is 166 cm³/mol. The largest absolute Gasteiger partial charge is 0.481 e. The van der Waals surface area contributed by atoms with E-state index in [9.17, 15) is 43.5 Å². The van der Waals surface area contributed by atoms with Crippen LogP contribution in [-0.4, -0.2) is 117 Å². The highest BCUT2D eigenvalue weighted by atomic mass is 32.1. The third-order valence-electron chi connectivity index (χ3n) is 5.56. The van der Waals surface area contributed by atoms with E-state index in [0.29, 0.717) is 0 Å². The molecule has 6 atom stereocenters. The zero-order valence-corrected chi connectivity index (χ0v) is 26.3. The van der Waals surface area contributed by atoms with Gasteiger partial charge in [0.25, 0.3) is 0 Å². The fourth-order valence-corrected chi connectivity index (χ4v) is 4.13. The van der Waals surface area contributed by atoms with E-state index in [4.69, 9.17) is 16.6 Å².